The number of non-ortho nitro benzene ring substituents is 1. The first-order valence-electron chi connectivity index (χ1n) is 9.33. The lowest BCUT2D eigenvalue weighted by molar-refractivity contribution is -0.384. The molecule has 1 aromatic rings. The first-order chi connectivity index (χ1) is 14.2. The van der Waals surface area contributed by atoms with E-state index in [-0.39, 0.29) is 38.2 Å². The van der Waals surface area contributed by atoms with Crippen molar-refractivity contribution < 1.29 is 33.6 Å². The van der Waals surface area contributed by atoms with E-state index in [2.05, 4.69) is 5.32 Å². The smallest absolute Gasteiger partial charge is 0.306 e. The maximum Gasteiger partial charge on any atom is 0.306 e. The van der Waals surface area contributed by atoms with E-state index in [1.165, 1.54) is 24.3 Å². The quantitative estimate of drug-likeness (QED) is 0.284. The standard InChI is InChI=1S/C19H25N3O8/c1-3-29-16(24)10-9-15(23)21-18(19(20)26)14(11-17(25)30-4-2)12-5-7-13(8-6-12)22(27)28/h5-8,14,18H,3-4,9-11H2,1-2H3,(H2,20,26)(H,21,23)/t14-,18-/m0/s1. The molecule has 0 heterocycles. The number of rotatable bonds is 12. The first-order valence-corrected chi connectivity index (χ1v) is 9.33. The molecule has 0 aliphatic rings. The molecular weight excluding hydrogens is 398 g/mol. The summed E-state index contributed by atoms with van der Waals surface area (Å²) in [6.45, 7) is 3.53. The number of nitro groups is 1. The van der Waals surface area contributed by atoms with Gasteiger partial charge < -0.3 is 20.5 Å². The fraction of sp³-hybridized carbons (Fsp3) is 0.474. The second kappa shape index (κ2) is 12.1. The molecule has 0 saturated carbocycles. The van der Waals surface area contributed by atoms with Gasteiger partial charge in [-0.1, -0.05) is 12.1 Å². The van der Waals surface area contributed by atoms with E-state index in [0.29, 0.717) is 5.56 Å². The number of primary amides is 1. The number of carbonyl (C=O) groups excluding carboxylic acids is 4. The van der Waals surface area contributed by atoms with Crippen LogP contribution in [0.1, 0.15) is 44.6 Å². The summed E-state index contributed by atoms with van der Waals surface area (Å²) in [5.41, 5.74) is 5.65. The van der Waals surface area contributed by atoms with Gasteiger partial charge in [-0.05, 0) is 19.4 Å². The lowest BCUT2D eigenvalue weighted by Gasteiger charge is -2.25. The molecule has 1 aromatic carbocycles. The fourth-order valence-corrected chi connectivity index (χ4v) is 2.74. The van der Waals surface area contributed by atoms with Crippen molar-refractivity contribution in [2.24, 2.45) is 5.73 Å². The van der Waals surface area contributed by atoms with Crippen LogP contribution in [0.4, 0.5) is 5.69 Å². The Kier molecular flexibility index (Phi) is 9.93. The molecular formula is C19H25N3O8. The number of hydrogen-bond acceptors (Lipinski definition) is 8. The minimum atomic E-state index is -1.30. The normalized spacial score (nSPS) is 12.3. The van der Waals surface area contributed by atoms with Crippen LogP contribution in [0, 0.1) is 10.1 Å². The van der Waals surface area contributed by atoms with Crippen LogP contribution in [-0.2, 0) is 28.7 Å². The molecule has 1 rings (SSSR count). The lowest BCUT2D eigenvalue weighted by atomic mass is 9.87. The van der Waals surface area contributed by atoms with Gasteiger partial charge in [-0.3, -0.25) is 29.3 Å². The minimum absolute atomic E-state index is 0.110. The monoisotopic (exact) mass is 423 g/mol. The van der Waals surface area contributed by atoms with Gasteiger partial charge >= 0.3 is 11.9 Å². The zero-order chi connectivity index (χ0) is 22.7. The number of benzene rings is 1. The molecule has 30 heavy (non-hydrogen) atoms. The molecule has 0 fully saturated rings. The summed E-state index contributed by atoms with van der Waals surface area (Å²) in [5.74, 6) is -3.67. The van der Waals surface area contributed by atoms with E-state index < -0.39 is 40.6 Å². The molecule has 0 bridgehead atoms. The summed E-state index contributed by atoms with van der Waals surface area (Å²) in [6.07, 6.45) is -0.725. The van der Waals surface area contributed by atoms with Crippen LogP contribution in [0.3, 0.4) is 0 Å². The van der Waals surface area contributed by atoms with E-state index in [1.807, 2.05) is 0 Å². The molecule has 3 N–H and O–H groups in total. The van der Waals surface area contributed by atoms with E-state index in [4.69, 9.17) is 15.2 Å². The van der Waals surface area contributed by atoms with E-state index >= 15 is 0 Å². The van der Waals surface area contributed by atoms with E-state index in [0.717, 1.165) is 0 Å². The largest absolute Gasteiger partial charge is 0.466 e. The molecule has 164 valence electrons. The average molecular weight is 423 g/mol. The maximum atomic E-state index is 12.2. The molecule has 0 aliphatic heterocycles. The summed E-state index contributed by atoms with van der Waals surface area (Å²) < 4.78 is 9.67. The highest BCUT2D eigenvalue weighted by molar-refractivity contribution is 5.89. The van der Waals surface area contributed by atoms with Crippen molar-refractivity contribution in [3.8, 4) is 0 Å². The Balaban J connectivity index is 3.07. The first kappa shape index (κ1) is 24.5. The molecule has 0 unspecified atom stereocenters. The van der Waals surface area contributed by atoms with Crippen LogP contribution in [0.25, 0.3) is 0 Å². The van der Waals surface area contributed by atoms with E-state index in [1.54, 1.807) is 13.8 Å². The SMILES string of the molecule is CCOC(=O)CCC(=O)N[C@H](C(N)=O)[C@@H](CC(=O)OCC)c1ccc([N+](=O)[O-])cc1. The maximum absolute atomic E-state index is 12.2. The number of nitrogens with two attached hydrogens (primary N) is 1. The van der Waals surface area contributed by atoms with Crippen LogP contribution in [0.5, 0.6) is 0 Å². The number of hydrogen-bond donors (Lipinski definition) is 2. The Hall–Kier alpha value is -3.50. The number of ether oxygens (including phenoxy) is 2. The van der Waals surface area contributed by atoms with Gasteiger partial charge in [0.15, 0.2) is 0 Å². The van der Waals surface area contributed by atoms with Crippen molar-refractivity contribution in [1.82, 2.24) is 5.32 Å². The molecule has 2 amide bonds. The Bertz CT molecular complexity index is 778. The van der Waals surface area contributed by atoms with Crippen molar-refractivity contribution >= 4 is 29.4 Å². The Morgan fingerprint density at radius 1 is 1.03 bits per heavy atom. The molecule has 11 nitrogen and oxygen atoms in total. The highest BCUT2D eigenvalue weighted by Gasteiger charge is 2.32. The van der Waals surface area contributed by atoms with Gasteiger partial charge in [0.25, 0.3) is 5.69 Å². The van der Waals surface area contributed by atoms with Crippen LogP contribution in [0.2, 0.25) is 0 Å². The zero-order valence-corrected chi connectivity index (χ0v) is 16.8. The van der Waals surface area contributed by atoms with Gasteiger partial charge in [0, 0.05) is 24.5 Å². The number of nitro benzene ring substituents is 1. The third-order valence-electron chi connectivity index (χ3n) is 4.11. The van der Waals surface area contributed by atoms with Crippen molar-refractivity contribution in [3.05, 3.63) is 39.9 Å². The predicted molar refractivity (Wildman–Crippen MR) is 104 cm³/mol. The van der Waals surface area contributed by atoms with Crippen LogP contribution >= 0.6 is 0 Å². The van der Waals surface area contributed by atoms with Crippen molar-refractivity contribution in [2.75, 3.05) is 13.2 Å². The number of nitrogens with zero attached hydrogens (tertiary/aromatic N) is 1. The van der Waals surface area contributed by atoms with E-state index in [9.17, 15) is 29.3 Å². The van der Waals surface area contributed by atoms with Crippen molar-refractivity contribution in [1.29, 1.82) is 0 Å². The summed E-state index contributed by atoms with van der Waals surface area (Å²) in [5, 5.41) is 13.3. The van der Waals surface area contributed by atoms with Gasteiger partial charge in [-0.25, -0.2) is 0 Å². The fourth-order valence-electron chi connectivity index (χ4n) is 2.74. The summed E-state index contributed by atoms with van der Waals surface area (Å²) in [6, 6.07) is 3.89. The van der Waals surface area contributed by atoms with Crippen molar-refractivity contribution in [2.45, 2.75) is 45.1 Å². The van der Waals surface area contributed by atoms with Crippen molar-refractivity contribution in [3.63, 3.8) is 0 Å². The number of amides is 2. The van der Waals surface area contributed by atoms with Gasteiger partial charge in [-0.15, -0.1) is 0 Å². The predicted octanol–water partition coefficient (Wildman–Crippen LogP) is 0.945. The Morgan fingerprint density at radius 3 is 2.10 bits per heavy atom. The van der Waals surface area contributed by atoms with Crippen LogP contribution < -0.4 is 11.1 Å². The zero-order valence-electron chi connectivity index (χ0n) is 16.8. The molecule has 2 atom stereocenters. The molecule has 0 aromatic heterocycles. The Labute approximate surface area is 173 Å². The Morgan fingerprint density at radius 2 is 1.60 bits per heavy atom. The molecule has 0 aliphatic carbocycles. The molecule has 0 radical (unpaired) electrons. The molecule has 0 saturated heterocycles. The number of carbonyl (C=O) groups is 4. The molecule has 0 spiro atoms. The molecule has 11 heteroatoms. The lowest BCUT2D eigenvalue weighted by Crippen LogP contribution is -2.48. The summed E-state index contributed by atoms with van der Waals surface area (Å²) >= 11 is 0. The third-order valence-corrected chi connectivity index (χ3v) is 4.11. The summed E-state index contributed by atoms with van der Waals surface area (Å²) in [7, 11) is 0. The average Bonchev–Trinajstić information content (AvgIpc) is 2.69. The highest BCUT2D eigenvalue weighted by Crippen LogP contribution is 2.26. The second-order valence-electron chi connectivity index (χ2n) is 6.22. The number of nitrogens with one attached hydrogen (secondary N) is 1. The van der Waals surface area contributed by atoms with Gasteiger partial charge in [-0.2, -0.15) is 0 Å². The van der Waals surface area contributed by atoms with Gasteiger partial charge in [0.05, 0.1) is 31.0 Å². The minimum Gasteiger partial charge on any atom is -0.466 e. The second-order valence-corrected chi connectivity index (χ2v) is 6.22. The highest BCUT2D eigenvalue weighted by atomic mass is 16.6. The van der Waals surface area contributed by atoms with Crippen LogP contribution in [0.15, 0.2) is 24.3 Å². The summed E-state index contributed by atoms with van der Waals surface area (Å²) in [4.78, 5) is 58.0. The third kappa shape index (κ3) is 7.86. The van der Waals surface area contributed by atoms with Gasteiger partial charge in [0.2, 0.25) is 11.8 Å². The topological polar surface area (TPSA) is 168 Å². The van der Waals surface area contributed by atoms with Crippen LogP contribution in [-0.4, -0.2) is 47.9 Å². The van der Waals surface area contributed by atoms with Gasteiger partial charge in [0.1, 0.15) is 6.04 Å². The number of esters is 2.